The summed E-state index contributed by atoms with van der Waals surface area (Å²) in [6.07, 6.45) is -0.356. The maximum atomic E-state index is 13.5. The van der Waals surface area contributed by atoms with E-state index in [9.17, 15) is 9.18 Å². The van der Waals surface area contributed by atoms with Crippen LogP contribution in [0.3, 0.4) is 0 Å². The van der Waals surface area contributed by atoms with E-state index in [1.54, 1.807) is 12.1 Å². The van der Waals surface area contributed by atoms with E-state index < -0.39 is 37.4 Å². The molecule has 0 spiro atoms. The second-order valence-electron chi connectivity index (χ2n) is 7.98. The minimum atomic E-state index is -2.28. The van der Waals surface area contributed by atoms with Gasteiger partial charge >= 0.3 is 6.03 Å². The van der Waals surface area contributed by atoms with Crippen LogP contribution in [0.25, 0.3) is 0 Å². The number of ether oxygens (including phenoxy) is 1. The number of halogens is 1. The van der Waals surface area contributed by atoms with Crippen molar-refractivity contribution in [2.45, 2.75) is 45.8 Å². The molecule has 0 saturated carbocycles. The third-order valence-electron chi connectivity index (χ3n) is 4.85. The van der Waals surface area contributed by atoms with E-state index in [1.165, 1.54) is 48.3 Å². The quantitative estimate of drug-likeness (QED) is 0.658. The van der Waals surface area contributed by atoms with Crippen LogP contribution in [0.5, 0.6) is 5.75 Å². The Labute approximate surface area is 193 Å². The van der Waals surface area contributed by atoms with Crippen molar-refractivity contribution < 1.29 is 22.1 Å². The topological polar surface area (TPSA) is 44.8 Å². The zero-order valence-electron chi connectivity index (χ0n) is 24.2. The van der Waals surface area contributed by atoms with Crippen molar-refractivity contribution in [1.82, 2.24) is 15.1 Å². The molecule has 1 fully saturated rings. The van der Waals surface area contributed by atoms with Gasteiger partial charge in [-0.05, 0) is 74.2 Å². The first-order chi connectivity index (χ1) is 17.1. The average molecular weight is 434 g/mol. The minimum Gasteiger partial charge on any atom is -0.493 e. The lowest BCUT2D eigenvalue weighted by atomic mass is 10.0. The zero-order chi connectivity index (χ0) is 27.6. The molecule has 0 bridgehead atoms. The van der Waals surface area contributed by atoms with Gasteiger partial charge in [-0.15, -0.1) is 0 Å². The van der Waals surface area contributed by atoms with Crippen molar-refractivity contribution in [1.29, 1.82) is 0 Å². The predicted molar refractivity (Wildman–Crippen MR) is 121 cm³/mol. The van der Waals surface area contributed by atoms with Crippen molar-refractivity contribution in [3.8, 4) is 5.75 Å². The highest BCUT2D eigenvalue weighted by Crippen LogP contribution is 2.19. The summed E-state index contributed by atoms with van der Waals surface area (Å²) < 4.78 is 69.4. The Morgan fingerprint density at radius 1 is 1.19 bits per heavy atom. The van der Waals surface area contributed by atoms with E-state index in [0.29, 0.717) is 23.8 Å². The van der Waals surface area contributed by atoms with Crippen molar-refractivity contribution in [2.75, 3.05) is 26.6 Å². The van der Waals surface area contributed by atoms with Gasteiger partial charge in [-0.2, -0.15) is 0 Å². The Hall–Kier alpha value is -2.60. The number of carbonyl (C=O) groups excluding carboxylic acids is 1. The second kappa shape index (κ2) is 11.1. The van der Waals surface area contributed by atoms with Crippen LogP contribution in [0.2, 0.25) is 0 Å². The summed E-state index contributed by atoms with van der Waals surface area (Å²) in [5.74, 6) is 0.451. The number of amides is 2. The first-order valence-corrected chi connectivity index (χ1v) is 10.4. The number of nitrogens with one attached hydrogen (secondary N) is 1. The SMILES string of the molecule is [2H]C([2H])(NC(=O)N(Cc1ccc(F)cc1)C1CC([2H])([2H])N(C)C([2H])([2H])C1)c1ccc(OCC(C)C)cc1. The standard InChI is InChI=1S/C25H34FN3O2/c1-19(2)18-31-24-10-6-20(7-11-24)16-27-25(30)29(23-12-14-28(3)15-13-23)17-21-4-8-22(26)9-5-21/h4-11,19,23H,12-18H2,1-3H3,(H,27,30)/i14D2,15D2,16D2. The van der Waals surface area contributed by atoms with Gasteiger partial charge in [0.05, 0.1) is 9.35 Å². The molecule has 0 atom stereocenters. The summed E-state index contributed by atoms with van der Waals surface area (Å²) in [7, 11) is 1.35. The Kier molecular flexibility index (Phi) is 5.78. The molecule has 2 aromatic rings. The molecular formula is C25H34FN3O2. The van der Waals surface area contributed by atoms with Gasteiger partial charge in [0.15, 0.2) is 0 Å². The van der Waals surface area contributed by atoms with Gasteiger partial charge in [-0.1, -0.05) is 38.1 Å². The van der Waals surface area contributed by atoms with Crippen LogP contribution in [-0.2, 0) is 13.0 Å². The summed E-state index contributed by atoms with van der Waals surface area (Å²) in [4.78, 5) is 15.7. The summed E-state index contributed by atoms with van der Waals surface area (Å²) in [6.45, 7) is -1.90. The number of rotatable bonds is 8. The minimum absolute atomic E-state index is 0.0787. The molecule has 2 amide bonds. The van der Waals surface area contributed by atoms with Crippen LogP contribution < -0.4 is 10.1 Å². The van der Waals surface area contributed by atoms with Crippen molar-refractivity contribution in [3.63, 3.8) is 0 Å². The fraction of sp³-hybridized carbons (Fsp3) is 0.480. The van der Waals surface area contributed by atoms with Crippen LogP contribution in [0.4, 0.5) is 9.18 Å². The van der Waals surface area contributed by atoms with Crippen LogP contribution in [0.1, 0.15) is 46.0 Å². The molecule has 5 nitrogen and oxygen atoms in total. The van der Waals surface area contributed by atoms with Gasteiger partial charge in [0.1, 0.15) is 11.6 Å². The molecule has 0 aromatic heterocycles. The molecule has 1 N–H and O–H groups in total. The Balaban J connectivity index is 1.85. The summed E-state index contributed by atoms with van der Waals surface area (Å²) in [5, 5.41) is 2.38. The van der Waals surface area contributed by atoms with Crippen LogP contribution in [0, 0.1) is 11.7 Å². The smallest absolute Gasteiger partial charge is 0.318 e. The highest BCUT2D eigenvalue weighted by molar-refractivity contribution is 5.74. The Morgan fingerprint density at radius 3 is 2.42 bits per heavy atom. The first kappa shape index (κ1) is 16.1. The molecule has 1 aliphatic heterocycles. The molecule has 6 heteroatoms. The molecule has 1 aliphatic rings. The van der Waals surface area contributed by atoms with Crippen LogP contribution >= 0.6 is 0 Å². The highest BCUT2D eigenvalue weighted by atomic mass is 19.1. The summed E-state index contributed by atoms with van der Waals surface area (Å²) in [5.41, 5.74) is 0.734. The van der Waals surface area contributed by atoms with Gasteiger partial charge in [-0.25, -0.2) is 9.18 Å². The molecule has 1 heterocycles. The van der Waals surface area contributed by atoms with Gasteiger partial charge in [-0.3, -0.25) is 0 Å². The summed E-state index contributed by atoms with van der Waals surface area (Å²) in [6, 6.07) is 10.0. The first-order valence-electron chi connectivity index (χ1n) is 13.4. The predicted octanol–water partition coefficient (Wildman–Crippen LogP) is 4.67. The monoisotopic (exact) mass is 433 g/mol. The number of benzene rings is 2. The number of likely N-dealkylation sites (tertiary alicyclic amines) is 1. The van der Waals surface area contributed by atoms with E-state index in [4.69, 9.17) is 13.0 Å². The zero-order valence-corrected chi connectivity index (χ0v) is 18.2. The van der Waals surface area contributed by atoms with Crippen LogP contribution in [-0.4, -0.2) is 48.5 Å². The van der Waals surface area contributed by atoms with Gasteiger partial charge < -0.3 is 19.9 Å². The maximum Gasteiger partial charge on any atom is 0.318 e. The third-order valence-corrected chi connectivity index (χ3v) is 4.85. The molecular weight excluding hydrogens is 393 g/mol. The van der Waals surface area contributed by atoms with Crippen molar-refractivity contribution in [3.05, 3.63) is 65.5 Å². The number of nitrogens with zero attached hydrogens (tertiary/aromatic N) is 2. The van der Waals surface area contributed by atoms with Crippen molar-refractivity contribution in [2.24, 2.45) is 5.92 Å². The largest absolute Gasteiger partial charge is 0.493 e. The summed E-state index contributed by atoms with van der Waals surface area (Å²) >= 11 is 0. The average Bonchev–Trinajstić information content (AvgIpc) is 2.80. The molecule has 2 aromatic carbocycles. The number of carbonyl (C=O) groups is 1. The van der Waals surface area contributed by atoms with E-state index in [2.05, 4.69) is 5.32 Å². The molecule has 3 rings (SSSR count). The molecule has 0 unspecified atom stereocenters. The van der Waals surface area contributed by atoms with E-state index in [0.717, 1.165) is 4.90 Å². The second-order valence-corrected chi connectivity index (χ2v) is 7.98. The fourth-order valence-corrected chi connectivity index (χ4v) is 3.08. The van der Waals surface area contributed by atoms with Gasteiger partial charge in [0.2, 0.25) is 0 Å². The highest BCUT2D eigenvalue weighted by Gasteiger charge is 2.27. The van der Waals surface area contributed by atoms with E-state index in [1.807, 2.05) is 13.8 Å². The fourth-order valence-electron chi connectivity index (χ4n) is 3.08. The molecule has 0 aliphatic carbocycles. The number of urea groups is 1. The van der Waals surface area contributed by atoms with Gasteiger partial charge in [0.25, 0.3) is 0 Å². The molecule has 31 heavy (non-hydrogen) atoms. The van der Waals surface area contributed by atoms with Gasteiger partial charge in [0, 0.05) is 24.6 Å². The number of hydrogen-bond acceptors (Lipinski definition) is 3. The lowest BCUT2D eigenvalue weighted by Crippen LogP contribution is -2.49. The lowest BCUT2D eigenvalue weighted by Gasteiger charge is -2.37. The lowest BCUT2D eigenvalue weighted by molar-refractivity contribution is 0.127. The van der Waals surface area contributed by atoms with E-state index in [-0.39, 0.29) is 24.9 Å². The van der Waals surface area contributed by atoms with Crippen molar-refractivity contribution >= 4 is 6.03 Å². The normalized spacial score (nSPS) is 21.7. The third kappa shape index (κ3) is 7.24. The Bertz CT molecular complexity index is 1050. The number of hydrogen-bond donors (Lipinski definition) is 1. The Morgan fingerprint density at radius 2 is 1.81 bits per heavy atom. The molecule has 0 radical (unpaired) electrons. The molecule has 168 valence electrons. The van der Waals surface area contributed by atoms with E-state index >= 15 is 0 Å². The maximum absolute atomic E-state index is 13.5. The van der Waals surface area contributed by atoms with Crippen LogP contribution in [0.15, 0.2) is 48.5 Å². The molecule has 1 saturated heterocycles. The number of piperidine rings is 1.